The van der Waals surface area contributed by atoms with Gasteiger partial charge in [-0.05, 0) is 18.1 Å². The van der Waals surface area contributed by atoms with Crippen molar-refractivity contribution in [3.8, 4) is 0 Å². The van der Waals surface area contributed by atoms with E-state index in [1.807, 2.05) is 37.3 Å². The average molecular weight is 346 g/mol. The number of benzene rings is 2. The third-order valence-corrected chi connectivity index (χ3v) is 5.09. The smallest absolute Gasteiger partial charge is 0.243 e. The summed E-state index contributed by atoms with van der Waals surface area (Å²) in [5.41, 5.74) is 2.73. The van der Waals surface area contributed by atoms with Crippen molar-refractivity contribution in [2.45, 2.75) is 19.5 Å². The molecule has 6 heteroatoms. The van der Waals surface area contributed by atoms with Crippen LogP contribution in [0.4, 0.5) is 0 Å². The lowest BCUT2D eigenvalue weighted by Gasteiger charge is -2.25. The van der Waals surface area contributed by atoms with E-state index >= 15 is 0 Å². The zero-order chi connectivity index (χ0) is 17.7. The Morgan fingerprint density at radius 1 is 1.08 bits per heavy atom. The van der Waals surface area contributed by atoms with Gasteiger partial charge >= 0.3 is 0 Å². The first-order valence-electron chi connectivity index (χ1n) is 7.60. The Kier molecular flexibility index (Phi) is 5.75. The molecule has 0 aliphatic rings. The summed E-state index contributed by atoms with van der Waals surface area (Å²) in [6, 6.07) is 15.8. The van der Waals surface area contributed by atoms with Gasteiger partial charge in [0.25, 0.3) is 0 Å². The normalized spacial score (nSPS) is 12.8. The number of sulfonamides is 1. The quantitative estimate of drug-likeness (QED) is 0.872. The van der Waals surface area contributed by atoms with E-state index in [9.17, 15) is 13.2 Å². The van der Waals surface area contributed by atoms with Gasteiger partial charge in [-0.25, -0.2) is 8.42 Å². The van der Waals surface area contributed by atoms with Crippen molar-refractivity contribution in [3.05, 3.63) is 71.3 Å². The summed E-state index contributed by atoms with van der Waals surface area (Å²) in [7, 11) is -2.10. The molecular formula is C18H22N2O3S. The highest BCUT2D eigenvalue weighted by molar-refractivity contribution is 7.88. The van der Waals surface area contributed by atoms with Gasteiger partial charge in [0.15, 0.2) is 0 Å². The molecule has 2 aromatic carbocycles. The Bertz CT molecular complexity index is 787. The first-order chi connectivity index (χ1) is 11.3. The van der Waals surface area contributed by atoms with E-state index in [2.05, 4.69) is 5.32 Å². The number of nitrogens with one attached hydrogen (secondary N) is 1. The van der Waals surface area contributed by atoms with Crippen LogP contribution in [-0.4, -0.2) is 31.9 Å². The van der Waals surface area contributed by atoms with Gasteiger partial charge in [0.2, 0.25) is 15.9 Å². The molecule has 0 heterocycles. The van der Waals surface area contributed by atoms with Gasteiger partial charge in [0.05, 0.1) is 6.26 Å². The average Bonchev–Trinajstić information content (AvgIpc) is 2.54. The zero-order valence-corrected chi connectivity index (χ0v) is 14.9. The molecule has 0 aliphatic carbocycles. The number of likely N-dealkylation sites (N-methyl/N-ethyl adjacent to an activating group) is 1. The molecule has 0 saturated heterocycles. The molecule has 0 bridgehead atoms. The van der Waals surface area contributed by atoms with E-state index in [0.29, 0.717) is 12.1 Å². The van der Waals surface area contributed by atoms with Crippen LogP contribution in [0.15, 0.2) is 54.6 Å². The van der Waals surface area contributed by atoms with Crippen molar-refractivity contribution >= 4 is 15.9 Å². The first kappa shape index (κ1) is 18.2. The van der Waals surface area contributed by atoms with Gasteiger partial charge in [-0.2, -0.15) is 4.31 Å². The molecule has 0 spiro atoms. The summed E-state index contributed by atoms with van der Waals surface area (Å²) in [4.78, 5) is 12.7. The molecule has 0 radical (unpaired) electrons. The minimum atomic E-state index is -3.51. The van der Waals surface area contributed by atoms with Crippen LogP contribution in [0.25, 0.3) is 0 Å². The topological polar surface area (TPSA) is 66.5 Å². The van der Waals surface area contributed by atoms with Gasteiger partial charge in [0.1, 0.15) is 6.04 Å². The number of rotatable bonds is 6. The SMILES string of the molecule is Cc1ccc(CNC(=O)[C@@H](c2ccccc2)N(C)S(C)(=O)=O)cc1. The lowest BCUT2D eigenvalue weighted by molar-refractivity contribution is -0.124. The molecule has 128 valence electrons. The molecular weight excluding hydrogens is 324 g/mol. The van der Waals surface area contributed by atoms with Crippen LogP contribution in [0.2, 0.25) is 0 Å². The summed E-state index contributed by atoms with van der Waals surface area (Å²) < 4.78 is 24.9. The van der Waals surface area contributed by atoms with Crippen LogP contribution in [0.5, 0.6) is 0 Å². The van der Waals surface area contributed by atoms with Crippen molar-refractivity contribution in [2.75, 3.05) is 13.3 Å². The van der Waals surface area contributed by atoms with E-state index in [0.717, 1.165) is 21.7 Å². The molecule has 1 N–H and O–H groups in total. The lowest BCUT2D eigenvalue weighted by atomic mass is 10.1. The highest BCUT2D eigenvalue weighted by atomic mass is 32.2. The van der Waals surface area contributed by atoms with Crippen molar-refractivity contribution in [3.63, 3.8) is 0 Å². The Balaban J connectivity index is 2.20. The van der Waals surface area contributed by atoms with Crippen LogP contribution >= 0.6 is 0 Å². The summed E-state index contributed by atoms with van der Waals surface area (Å²) in [5, 5.41) is 2.82. The Morgan fingerprint density at radius 2 is 1.67 bits per heavy atom. The fourth-order valence-electron chi connectivity index (χ4n) is 2.35. The highest BCUT2D eigenvalue weighted by Gasteiger charge is 2.30. The second kappa shape index (κ2) is 7.59. The van der Waals surface area contributed by atoms with Crippen LogP contribution in [0.3, 0.4) is 0 Å². The number of amides is 1. The molecule has 0 saturated carbocycles. The van der Waals surface area contributed by atoms with Gasteiger partial charge in [-0.3, -0.25) is 4.79 Å². The van der Waals surface area contributed by atoms with Crippen molar-refractivity contribution in [1.82, 2.24) is 9.62 Å². The van der Waals surface area contributed by atoms with Crippen LogP contribution < -0.4 is 5.32 Å². The van der Waals surface area contributed by atoms with Crippen LogP contribution in [0, 0.1) is 6.92 Å². The van der Waals surface area contributed by atoms with Gasteiger partial charge in [-0.15, -0.1) is 0 Å². The molecule has 2 rings (SSSR count). The number of hydrogen-bond acceptors (Lipinski definition) is 3. The molecule has 24 heavy (non-hydrogen) atoms. The minimum Gasteiger partial charge on any atom is -0.350 e. The number of carbonyl (C=O) groups excluding carboxylic acids is 1. The molecule has 2 aromatic rings. The number of carbonyl (C=O) groups is 1. The summed E-state index contributed by atoms with van der Waals surface area (Å²) >= 11 is 0. The van der Waals surface area contributed by atoms with E-state index in [1.165, 1.54) is 7.05 Å². The second-order valence-corrected chi connectivity index (χ2v) is 7.84. The number of aryl methyl sites for hydroxylation is 1. The van der Waals surface area contributed by atoms with Crippen molar-refractivity contribution in [2.24, 2.45) is 0 Å². The Hall–Kier alpha value is -2.18. The molecule has 0 unspecified atom stereocenters. The highest BCUT2D eigenvalue weighted by Crippen LogP contribution is 2.22. The van der Waals surface area contributed by atoms with E-state index in [1.54, 1.807) is 24.3 Å². The van der Waals surface area contributed by atoms with Crippen LogP contribution in [-0.2, 0) is 21.4 Å². The molecule has 0 fully saturated rings. The number of nitrogens with zero attached hydrogens (tertiary/aromatic N) is 1. The maximum atomic E-state index is 12.7. The number of hydrogen-bond donors (Lipinski definition) is 1. The maximum Gasteiger partial charge on any atom is 0.243 e. The van der Waals surface area contributed by atoms with Crippen LogP contribution in [0.1, 0.15) is 22.7 Å². The molecule has 1 amide bonds. The largest absolute Gasteiger partial charge is 0.350 e. The second-order valence-electron chi connectivity index (χ2n) is 5.80. The Labute approximate surface area is 143 Å². The maximum absolute atomic E-state index is 12.7. The summed E-state index contributed by atoms with van der Waals surface area (Å²) in [6.07, 6.45) is 1.09. The third kappa shape index (κ3) is 4.66. The molecule has 5 nitrogen and oxygen atoms in total. The molecule has 0 aromatic heterocycles. The van der Waals surface area contributed by atoms with E-state index in [-0.39, 0.29) is 5.91 Å². The fourth-order valence-corrected chi connectivity index (χ4v) is 2.95. The Morgan fingerprint density at radius 3 is 2.21 bits per heavy atom. The van der Waals surface area contributed by atoms with Crippen molar-refractivity contribution < 1.29 is 13.2 Å². The fraction of sp³-hybridized carbons (Fsp3) is 0.278. The minimum absolute atomic E-state index is 0.347. The predicted octanol–water partition coefficient (Wildman–Crippen LogP) is 2.24. The summed E-state index contributed by atoms with van der Waals surface area (Å²) in [5.74, 6) is -0.352. The van der Waals surface area contributed by atoms with Gasteiger partial charge in [0, 0.05) is 13.6 Å². The van der Waals surface area contributed by atoms with E-state index in [4.69, 9.17) is 0 Å². The summed E-state index contributed by atoms with van der Waals surface area (Å²) in [6.45, 7) is 2.34. The standard InChI is InChI=1S/C18H22N2O3S/c1-14-9-11-15(12-10-14)13-19-18(21)17(20(2)24(3,22)23)16-7-5-4-6-8-16/h4-12,17H,13H2,1-3H3,(H,19,21)/t17-/m1/s1. The van der Waals surface area contributed by atoms with E-state index < -0.39 is 16.1 Å². The predicted molar refractivity (Wildman–Crippen MR) is 94.8 cm³/mol. The zero-order valence-electron chi connectivity index (χ0n) is 14.1. The lowest BCUT2D eigenvalue weighted by Crippen LogP contribution is -2.41. The first-order valence-corrected chi connectivity index (χ1v) is 9.45. The monoisotopic (exact) mass is 346 g/mol. The molecule has 0 aliphatic heterocycles. The van der Waals surface area contributed by atoms with Gasteiger partial charge in [-0.1, -0.05) is 60.2 Å². The van der Waals surface area contributed by atoms with Crippen molar-refractivity contribution in [1.29, 1.82) is 0 Å². The van der Waals surface area contributed by atoms with Gasteiger partial charge < -0.3 is 5.32 Å². The third-order valence-electron chi connectivity index (χ3n) is 3.84. The molecule has 1 atom stereocenters.